The number of rotatable bonds is 1. The molecule has 0 amide bonds. The molecule has 2 nitrogen and oxygen atoms in total. The van der Waals surface area contributed by atoms with Crippen LogP contribution in [0.2, 0.25) is 0 Å². The molecule has 0 aromatic carbocycles. The molecule has 1 saturated heterocycles. The molecule has 0 radical (unpaired) electrons. The van der Waals surface area contributed by atoms with Gasteiger partial charge in [-0.05, 0) is 24.8 Å². The van der Waals surface area contributed by atoms with Crippen LogP contribution in [0.1, 0.15) is 19.3 Å². The first kappa shape index (κ1) is 7.32. The summed E-state index contributed by atoms with van der Waals surface area (Å²) in [5, 5.41) is 3.35. The molecule has 1 heterocycles. The molecule has 1 aliphatic carbocycles. The number of hydrogen-bond acceptors (Lipinski definition) is 2. The summed E-state index contributed by atoms with van der Waals surface area (Å²) in [5.74, 6) is 0. The molecule has 0 aromatic rings. The van der Waals surface area contributed by atoms with Crippen molar-refractivity contribution in [3.63, 3.8) is 0 Å². The van der Waals surface area contributed by atoms with Gasteiger partial charge < -0.3 is 10.1 Å². The minimum Gasteiger partial charge on any atom is -0.371 e. The molecule has 1 N–H and O–H groups in total. The first-order valence-corrected chi connectivity index (χ1v) is 4.48. The lowest BCUT2D eigenvalue weighted by Gasteiger charge is -2.24. The third-order valence-electron chi connectivity index (χ3n) is 2.42. The predicted octanol–water partition coefficient (Wildman–Crippen LogP) is 1.09. The highest BCUT2D eigenvalue weighted by molar-refractivity contribution is 5.14. The number of ether oxygens (including phenoxy) is 1. The second-order valence-corrected chi connectivity index (χ2v) is 3.23. The van der Waals surface area contributed by atoms with Gasteiger partial charge in [-0.25, -0.2) is 0 Å². The molecule has 2 rings (SSSR count). The average molecular weight is 153 g/mol. The summed E-state index contributed by atoms with van der Waals surface area (Å²) in [7, 11) is 0. The smallest absolute Gasteiger partial charge is 0.0909 e. The molecule has 0 saturated carbocycles. The van der Waals surface area contributed by atoms with Crippen LogP contribution in [0.5, 0.6) is 0 Å². The Balaban J connectivity index is 1.92. The third-order valence-corrected chi connectivity index (χ3v) is 2.42. The molecular weight excluding hydrogens is 138 g/mol. The molecular formula is C9H15NO. The van der Waals surface area contributed by atoms with Crippen LogP contribution >= 0.6 is 0 Å². The summed E-state index contributed by atoms with van der Waals surface area (Å²) >= 11 is 0. The monoisotopic (exact) mass is 153 g/mol. The van der Waals surface area contributed by atoms with Gasteiger partial charge in [0.25, 0.3) is 0 Å². The van der Waals surface area contributed by atoms with E-state index in [0.717, 1.165) is 19.7 Å². The van der Waals surface area contributed by atoms with Crippen molar-refractivity contribution >= 4 is 0 Å². The summed E-state index contributed by atoms with van der Waals surface area (Å²) in [4.78, 5) is 0. The van der Waals surface area contributed by atoms with Crippen molar-refractivity contribution in [2.45, 2.75) is 25.4 Å². The van der Waals surface area contributed by atoms with Gasteiger partial charge in [0.2, 0.25) is 0 Å². The molecule has 0 aromatic heterocycles. The SMILES string of the molecule is C1=C(C2CNCCO2)CCC1. The van der Waals surface area contributed by atoms with Crippen molar-refractivity contribution in [1.82, 2.24) is 5.32 Å². The van der Waals surface area contributed by atoms with Gasteiger partial charge >= 0.3 is 0 Å². The van der Waals surface area contributed by atoms with Gasteiger partial charge in [0.05, 0.1) is 12.7 Å². The Hall–Kier alpha value is -0.340. The van der Waals surface area contributed by atoms with E-state index in [1.165, 1.54) is 24.8 Å². The molecule has 62 valence electrons. The van der Waals surface area contributed by atoms with E-state index in [9.17, 15) is 0 Å². The van der Waals surface area contributed by atoms with Gasteiger partial charge in [0.1, 0.15) is 0 Å². The van der Waals surface area contributed by atoms with Gasteiger partial charge in [0, 0.05) is 13.1 Å². The first-order valence-electron chi connectivity index (χ1n) is 4.48. The highest BCUT2D eigenvalue weighted by Gasteiger charge is 2.19. The highest BCUT2D eigenvalue weighted by atomic mass is 16.5. The lowest BCUT2D eigenvalue weighted by Crippen LogP contribution is -2.39. The van der Waals surface area contributed by atoms with Crippen LogP contribution in [0.3, 0.4) is 0 Å². The van der Waals surface area contributed by atoms with Crippen molar-refractivity contribution in [3.8, 4) is 0 Å². The average Bonchev–Trinajstić information content (AvgIpc) is 2.58. The highest BCUT2D eigenvalue weighted by Crippen LogP contribution is 2.22. The summed E-state index contributed by atoms with van der Waals surface area (Å²) in [5.41, 5.74) is 1.53. The second kappa shape index (κ2) is 3.37. The number of morpholine rings is 1. The Kier molecular flexibility index (Phi) is 2.24. The van der Waals surface area contributed by atoms with Gasteiger partial charge in [-0.3, -0.25) is 0 Å². The maximum atomic E-state index is 5.63. The van der Waals surface area contributed by atoms with E-state index in [1.807, 2.05) is 0 Å². The molecule has 1 atom stereocenters. The maximum Gasteiger partial charge on any atom is 0.0909 e. The molecule has 1 fully saturated rings. The van der Waals surface area contributed by atoms with Crippen molar-refractivity contribution in [2.24, 2.45) is 0 Å². The molecule has 0 spiro atoms. The van der Waals surface area contributed by atoms with E-state index < -0.39 is 0 Å². The van der Waals surface area contributed by atoms with E-state index in [0.29, 0.717) is 6.10 Å². The molecule has 11 heavy (non-hydrogen) atoms. The fourth-order valence-corrected chi connectivity index (χ4v) is 1.79. The fourth-order valence-electron chi connectivity index (χ4n) is 1.79. The van der Waals surface area contributed by atoms with Crippen LogP contribution in [-0.4, -0.2) is 25.8 Å². The Bertz CT molecular complexity index is 159. The zero-order valence-corrected chi connectivity index (χ0v) is 6.81. The predicted molar refractivity (Wildman–Crippen MR) is 44.5 cm³/mol. The Morgan fingerprint density at radius 2 is 2.55 bits per heavy atom. The summed E-state index contributed by atoms with van der Waals surface area (Å²) in [6.07, 6.45) is 6.58. The maximum absolute atomic E-state index is 5.63. The van der Waals surface area contributed by atoms with Crippen LogP contribution < -0.4 is 5.32 Å². The number of hydrogen-bond donors (Lipinski definition) is 1. The van der Waals surface area contributed by atoms with E-state index in [4.69, 9.17) is 4.74 Å². The topological polar surface area (TPSA) is 21.3 Å². The zero-order valence-electron chi connectivity index (χ0n) is 6.81. The molecule has 1 unspecified atom stereocenters. The van der Waals surface area contributed by atoms with Crippen LogP contribution in [0.25, 0.3) is 0 Å². The summed E-state index contributed by atoms with van der Waals surface area (Å²) in [6, 6.07) is 0. The molecule has 2 heteroatoms. The van der Waals surface area contributed by atoms with Crippen LogP contribution in [0.4, 0.5) is 0 Å². The first-order chi connectivity index (χ1) is 5.47. The van der Waals surface area contributed by atoms with Crippen LogP contribution in [-0.2, 0) is 4.74 Å². The van der Waals surface area contributed by atoms with E-state index in [2.05, 4.69) is 11.4 Å². The number of nitrogens with one attached hydrogen (secondary N) is 1. The number of allylic oxidation sites excluding steroid dienone is 1. The largest absolute Gasteiger partial charge is 0.371 e. The van der Waals surface area contributed by atoms with E-state index >= 15 is 0 Å². The van der Waals surface area contributed by atoms with Crippen molar-refractivity contribution in [2.75, 3.05) is 19.7 Å². The molecule has 0 bridgehead atoms. The molecule has 2 aliphatic rings. The summed E-state index contributed by atoms with van der Waals surface area (Å²) < 4.78 is 5.63. The van der Waals surface area contributed by atoms with E-state index in [-0.39, 0.29) is 0 Å². The quantitative estimate of drug-likeness (QED) is 0.569. The Morgan fingerprint density at radius 1 is 1.55 bits per heavy atom. The van der Waals surface area contributed by atoms with Crippen molar-refractivity contribution < 1.29 is 4.74 Å². The lowest BCUT2D eigenvalue weighted by molar-refractivity contribution is 0.0505. The van der Waals surface area contributed by atoms with Gasteiger partial charge in [-0.1, -0.05) is 6.08 Å². The zero-order chi connectivity index (χ0) is 7.52. The fraction of sp³-hybridized carbons (Fsp3) is 0.778. The van der Waals surface area contributed by atoms with Crippen LogP contribution in [0, 0.1) is 0 Å². The van der Waals surface area contributed by atoms with Gasteiger partial charge in [-0.2, -0.15) is 0 Å². The van der Waals surface area contributed by atoms with Crippen LogP contribution in [0.15, 0.2) is 11.6 Å². The normalized spacial score (nSPS) is 32.0. The third kappa shape index (κ3) is 1.63. The van der Waals surface area contributed by atoms with E-state index in [1.54, 1.807) is 0 Å². The minimum absolute atomic E-state index is 0.395. The summed E-state index contributed by atoms with van der Waals surface area (Å²) in [6.45, 7) is 2.91. The Morgan fingerprint density at radius 3 is 3.18 bits per heavy atom. The van der Waals surface area contributed by atoms with Crippen molar-refractivity contribution in [1.29, 1.82) is 0 Å². The second-order valence-electron chi connectivity index (χ2n) is 3.23. The molecule has 1 aliphatic heterocycles. The van der Waals surface area contributed by atoms with Gasteiger partial charge in [-0.15, -0.1) is 0 Å². The minimum atomic E-state index is 0.395. The van der Waals surface area contributed by atoms with Crippen molar-refractivity contribution in [3.05, 3.63) is 11.6 Å². The standard InChI is InChI=1S/C9H15NO/c1-2-4-8(3-1)9-7-10-5-6-11-9/h3,9-10H,1-2,4-7H2. The van der Waals surface area contributed by atoms with Gasteiger partial charge in [0.15, 0.2) is 0 Å². The Labute approximate surface area is 67.6 Å². The lowest BCUT2D eigenvalue weighted by atomic mass is 10.1.